The Hall–Kier alpha value is -0.640. The van der Waals surface area contributed by atoms with Gasteiger partial charge < -0.3 is 5.32 Å². The summed E-state index contributed by atoms with van der Waals surface area (Å²) in [5, 5.41) is 3.68. The number of hydrogen-bond donors (Lipinski definition) is 1. The lowest BCUT2D eigenvalue weighted by molar-refractivity contribution is 0.504. The number of halogens is 2. The fourth-order valence-electron chi connectivity index (χ4n) is 2.40. The molecule has 0 heterocycles. The number of rotatable bonds is 7. The molecule has 0 fully saturated rings. The Bertz CT molecular complexity index is 551. The summed E-state index contributed by atoms with van der Waals surface area (Å²) in [6.07, 6.45) is 3.25. The standard InChI is InChI=1S/C18H21Br2N/c1-2-11-21-17(12-14-7-9-16(19)10-8-14)13-15-5-3-4-6-18(15)20/h3-10,17,21H,2,11-13H2,1H3. The highest BCUT2D eigenvalue weighted by atomic mass is 79.9. The number of hydrogen-bond acceptors (Lipinski definition) is 1. The van der Waals surface area contributed by atoms with E-state index < -0.39 is 0 Å². The lowest BCUT2D eigenvalue weighted by Gasteiger charge is -2.19. The van der Waals surface area contributed by atoms with Gasteiger partial charge in [-0.2, -0.15) is 0 Å². The summed E-state index contributed by atoms with van der Waals surface area (Å²) in [6, 6.07) is 17.6. The molecular formula is C18H21Br2N. The van der Waals surface area contributed by atoms with Crippen LogP contribution in [0.1, 0.15) is 24.5 Å². The van der Waals surface area contributed by atoms with E-state index in [1.165, 1.54) is 15.6 Å². The van der Waals surface area contributed by atoms with Gasteiger partial charge >= 0.3 is 0 Å². The first-order valence-electron chi connectivity index (χ1n) is 7.40. The predicted octanol–water partition coefficient (Wildman–Crippen LogP) is 5.37. The van der Waals surface area contributed by atoms with Crippen molar-refractivity contribution in [1.82, 2.24) is 5.32 Å². The summed E-state index contributed by atoms with van der Waals surface area (Å²) in [7, 11) is 0. The fraction of sp³-hybridized carbons (Fsp3) is 0.333. The molecule has 0 bridgehead atoms. The zero-order valence-corrected chi connectivity index (χ0v) is 15.5. The van der Waals surface area contributed by atoms with Crippen LogP contribution in [-0.4, -0.2) is 12.6 Å². The molecule has 0 saturated carbocycles. The molecule has 2 aromatic rings. The van der Waals surface area contributed by atoms with Crippen LogP contribution < -0.4 is 5.32 Å². The van der Waals surface area contributed by atoms with Crippen LogP contribution in [0.5, 0.6) is 0 Å². The van der Waals surface area contributed by atoms with E-state index >= 15 is 0 Å². The maximum atomic E-state index is 3.68. The number of nitrogens with one attached hydrogen (secondary N) is 1. The van der Waals surface area contributed by atoms with E-state index in [0.717, 1.165) is 30.3 Å². The van der Waals surface area contributed by atoms with Gasteiger partial charge in [0, 0.05) is 15.0 Å². The van der Waals surface area contributed by atoms with Gasteiger partial charge in [-0.1, -0.05) is 69.1 Å². The van der Waals surface area contributed by atoms with Crippen molar-refractivity contribution in [1.29, 1.82) is 0 Å². The maximum absolute atomic E-state index is 3.68. The topological polar surface area (TPSA) is 12.0 Å². The van der Waals surface area contributed by atoms with E-state index in [2.05, 4.69) is 92.6 Å². The predicted molar refractivity (Wildman–Crippen MR) is 97.8 cm³/mol. The van der Waals surface area contributed by atoms with E-state index in [4.69, 9.17) is 0 Å². The van der Waals surface area contributed by atoms with Crippen LogP contribution in [0.3, 0.4) is 0 Å². The molecule has 1 atom stereocenters. The third kappa shape index (κ3) is 5.57. The van der Waals surface area contributed by atoms with Crippen molar-refractivity contribution in [2.75, 3.05) is 6.54 Å². The van der Waals surface area contributed by atoms with Gasteiger partial charge in [-0.3, -0.25) is 0 Å². The van der Waals surface area contributed by atoms with Crippen molar-refractivity contribution < 1.29 is 0 Å². The Morgan fingerprint density at radius 2 is 1.67 bits per heavy atom. The van der Waals surface area contributed by atoms with Crippen LogP contribution in [0.2, 0.25) is 0 Å². The third-order valence-corrected chi connectivity index (χ3v) is 4.80. The summed E-state index contributed by atoms with van der Waals surface area (Å²) >= 11 is 7.15. The van der Waals surface area contributed by atoms with Crippen LogP contribution in [0.15, 0.2) is 57.5 Å². The zero-order valence-electron chi connectivity index (χ0n) is 12.3. The van der Waals surface area contributed by atoms with Crippen molar-refractivity contribution in [2.45, 2.75) is 32.2 Å². The molecule has 1 nitrogen and oxygen atoms in total. The first kappa shape index (κ1) is 16.7. The van der Waals surface area contributed by atoms with Crippen LogP contribution in [0.4, 0.5) is 0 Å². The second kappa shape index (κ2) is 8.72. The highest BCUT2D eigenvalue weighted by molar-refractivity contribution is 9.10. The molecule has 2 rings (SSSR count). The fourth-order valence-corrected chi connectivity index (χ4v) is 3.11. The molecule has 0 radical (unpaired) electrons. The van der Waals surface area contributed by atoms with Crippen LogP contribution >= 0.6 is 31.9 Å². The Balaban J connectivity index is 2.07. The van der Waals surface area contributed by atoms with Crippen molar-refractivity contribution in [3.8, 4) is 0 Å². The average molecular weight is 411 g/mol. The zero-order chi connectivity index (χ0) is 15.1. The summed E-state index contributed by atoms with van der Waals surface area (Å²) in [6.45, 7) is 3.27. The highest BCUT2D eigenvalue weighted by Crippen LogP contribution is 2.19. The van der Waals surface area contributed by atoms with Crippen molar-refractivity contribution in [3.05, 3.63) is 68.6 Å². The van der Waals surface area contributed by atoms with E-state index in [9.17, 15) is 0 Å². The SMILES string of the molecule is CCCNC(Cc1ccc(Br)cc1)Cc1ccccc1Br. The maximum Gasteiger partial charge on any atom is 0.0207 e. The molecular weight excluding hydrogens is 390 g/mol. The molecule has 0 aromatic heterocycles. The Morgan fingerprint density at radius 3 is 2.33 bits per heavy atom. The second-order valence-electron chi connectivity index (χ2n) is 5.28. The van der Waals surface area contributed by atoms with Crippen molar-refractivity contribution in [3.63, 3.8) is 0 Å². The Kier molecular flexibility index (Phi) is 6.94. The van der Waals surface area contributed by atoms with Gasteiger partial charge in [-0.25, -0.2) is 0 Å². The van der Waals surface area contributed by atoms with Crippen LogP contribution in [0, 0.1) is 0 Å². The first-order valence-corrected chi connectivity index (χ1v) is 8.99. The van der Waals surface area contributed by atoms with E-state index in [1.807, 2.05) is 0 Å². The lowest BCUT2D eigenvalue weighted by atomic mass is 9.99. The van der Waals surface area contributed by atoms with Crippen molar-refractivity contribution in [2.24, 2.45) is 0 Å². The van der Waals surface area contributed by atoms with Crippen LogP contribution in [0.25, 0.3) is 0 Å². The second-order valence-corrected chi connectivity index (χ2v) is 7.05. The third-order valence-electron chi connectivity index (χ3n) is 3.50. The molecule has 0 aliphatic carbocycles. The summed E-state index contributed by atoms with van der Waals surface area (Å²) in [5.41, 5.74) is 2.74. The summed E-state index contributed by atoms with van der Waals surface area (Å²) in [5.74, 6) is 0. The summed E-state index contributed by atoms with van der Waals surface area (Å²) < 4.78 is 2.33. The largest absolute Gasteiger partial charge is 0.313 e. The quantitative estimate of drug-likeness (QED) is 0.647. The van der Waals surface area contributed by atoms with E-state index in [0.29, 0.717) is 6.04 Å². The minimum absolute atomic E-state index is 0.463. The smallest absolute Gasteiger partial charge is 0.0207 e. The molecule has 1 N–H and O–H groups in total. The molecule has 0 amide bonds. The molecule has 112 valence electrons. The molecule has 3 heteroatoms. The molecule has 2 aromatic carbocycles. The molecule has 21 heavy (non-hydrogen) atoms. The van der Waals surface area contributed by atoms with Gasteiger partial charge in [0.25, 0.3) is 0 Å². The molecule has 1 unspecified atom stereocenters. The van der Waals surface area contributed by atoms with Gasteiger partial charge in [-0.15, -0.1) is 0 Å². The Labute approximate surface area is 144 Å². The first-order chi connectivity index (χ1) is 10.2. The average Bonchev–Trinajstić information content (AvgIpc) is 2.49. The van der Waals surface area contributed by atoms with Gasteiger partial charge in [0.1, 0.15) is 0 Å². The van der Waals surface area contributed by atoms with Gasteiger partial charge in [-0.05, 0) is 55.1 Å². The monoisotopic (exact) mass is 409 g/mol. The molecule has 0 spiro atoms. The number of benzene rings is 2. The molecule has 0 aliphatic rings. The van der Waals surface area contributed by atoms with Gasteiger partial charge in [0.15, 0.2) is 0 Å². The molecule has 0 saturated heterocycles. The Morgan fingerprint density at radius 1 is 0.952 bits per heavy atom. The summed E-state index contributed by atoms with van der Waals surface area (Å²) in [4.78, 5) is 0. The minimum Gasteiger partial charge on any atom is -0.313 e. The lowest BCUT2D eigenvalue weighted by Crippen LogP contribution is -2.33. The van der Waals surface area contributed by atoms with E-state index in [-0.39, 0.29) is 0 Å². The van der Waals surface area contributed by atoms with Crippen LogP contribution in [-0.2, 0) is 12.8 Å². The van der Waals surface area contributed by atoms with E-state index in [1.54, 1.807) is 0 Å². The van der Waals surface area contributed by atoms with Gasteiger partial charge in [0.2, 0.25) is 0 Å². The van der Waals surface area contributed by atoms with Gasteiger partial charge in [0.05, 0.1) is 0 Å². The minimum atomic E-state index is 0.463. The molecule has 0 aliphatic heterocycles. The highest BCUT2D eigenvalue weighted by Gasteiger charge is 2.11. The normalized spacial score (nSPS) is 12.3. The van der Waals surface area contributed by atoms with Crippen molar-refractivity contribution >= 4 is 31.9 Å².